The second kappa shape index (κ2) is 40.3. The van der Waals surface area contributed by atoms with Crippen LogP contribution in [0.25, 0.3) is 0 Å². The molecule has 0 saturated carbocycles. The monoisotopic (exact) mass is 660 g/mol. The van der Waals surface area contributed by atoms with E-state index in [1.165, 1.54) is 217 Å². The zero-order valence-corrected chi connectivity index (χ0v) is 32.0. The number of hydrogen-bond donors (Lipinski definition) is 0. The quantitative estimate of drug-likeness (QED) is 0.0489. The molecule has 0 aliphatic rings. The van der Waals surface area contributed by atoms with E-state index in [1.54, 1.807) is 0 Å². The van der Waals surface area contributed by atoms with Crippen molar-refractivity contribution in [3.8, 4) is 0 Å². The fourth-order valence-corrected chi connectivity index (χ4v) is 6.63. The molecule has 0 aromatic heterocycles. The summed E-state index contributed by atoms with van der Waals surface area (Å²) in [4.78, 5) is 0. The Morgan fingerprint density at radius 1 is 0.237 bits per heavy atom. The summed E-state index contributed by atoms with van der Waals surface area (Å²) in [6, 6.07) is 0. The molecule has 0 saturated heterocycles. The Balaban J connectivity index is 0. The molecule has 0 aliphatic heterocycles. The Bertz CT molecular complexity index is 338. The van der Waals surface area contributed by atoms with Crippen LogP contribution in [-0.4, -0.2) is 35.4 Å². The molecule has 0 amide bonds. The molecule has 0 aliphatic carbocycles. The molecule has 0 nitrogen and oxygen atoms in total. The van der Waals surface area contributed by atoms with E-state index < -0.39 is 0 Å². The minimum atomic E-state index is 0. The Morgan fingerprint density at radius 2 is 0.395 bits per heavy atom. The fourth-order valence-electron chi connectivity index (χ4n) is 5.61. The average Bonchev–Trinajstić information content (AvgIpc) is 2.91. The van der Waals surface area contributed by atoms with Gasteiger partial charge in [-0.15, -0.1) is 0 Å². The van der Waals surface area contributed by atoms with Gasteiger partial charge in [0.2, 0.25) is 0 Å². The van der Waals surface area contributed by atoms with Gasteiger partial charge in [-0.25, -0.2) is 0 Å². The van der Waals surface area contributed by atoms with Crippen LogP contribution in [-0.2, 0) is 0 Å². The van der Waals surface area contributed by atoms with Crippen molar-refractivity contribution in [1.82, 2.24) is 0 Å². The van der Waals surface area contributed by atoms with Crippen LogP contribution < -0.4 is 0 Å². The zero-order valence-electron chi connectivity index (χ0n) is 27.2. The molecule has 38 heavy (non-hydrogen) atoms. The third kappa shape index (κ3) is 39.3. The summed E-state index contributed by atoms with van der Waals surface area (Å²) < 4.78 is 0. The van der Waals surface area contributed by atoms with E-state index >= 15 is 0 Å². The van der Waals surface area contributed by atoms with E-state index in [0.29, 0.717) is 0 Å². The van der Waals surface area contributed by atoms with Crippen molar-refractivity contribution >= 4 is 35.7 Å². The standard InChI is InChI=1S/C36H74S.Sn.2H/c1-3-5-7-9-11-13-15-17-19-21-23-25-27-29-31-33-35-37-36-34-32-30-28-26-24-22-20-18-16-14-12-10-8-6-4-2;;;/h3-36H2,1-2H3;;;. The van der Waals surface area contributed by atoms with Crippen molar-refractivity contribution in [3.05, 3.63) is 0 Å². The number of hydrogen-bond acceptors (Lipinski definition) is 1. The fraction of sp³-hybridized carbons (Fsp3) is 1.00. The van der Waals surface area contributed by atoms with Crippen molar-refractivity contribution in [2.24, 2.45) is 0 Å². The van der Waals surface area contributed by atoms with Crippen LogP contribution in [0.5, 0.6) is 0 Å². The molecule has 0 N–H and O–H groups in total. The van der Waals surface area contributed by atoms with E-state index in [-0.39, 0.29) is 23.9 Å². The molecule has 0 aromatic carbocycles. The molecule has 0 heterocycles. The molecule has 0 spiro atoms. The molecular weight excluding hydrogens is 583 g/mol. The number of rotatable bonds is 34. The van der Waals surface area contributed by atoms with E-state index in [9.17, 15) is 0 Å². The van der Waals surface area contributed by atoms with Crippen LogP contribution in [0.1, 0.15) is 219 Å². The van der Waals surface area contributed by atoms with Crippen molar-refractivity contribution < 1.29 is 0 Å². The van der Waals surface area contributed by atoms with Gasteiger partial charge in [0.25, 0.3) is 0 Å². The topological polar surface area (TPSA) is 0 Å². The van der Waals surface area contributed by atoms with Crippen molar-refractivity contribution in [2.45, 2.75) is 219 Å². The first-order valence-electron chi connectivity index (χ1n) is 18.0. The summed E-state index contributed by atoms with van der Waals surface area (Å²) in [5.74, 6) is 2.83. The Labute approximate surface area is 265 Å². The van der Waals surface area contributed by atoms with Crippen molar-refractivity contribution in [2.75, 3.05) is 11.5 Å². The van der Waals surface area contributed by atoms with Crippen LogP contribution in [0.4, 0.5) is 0 Å². The van der Waals surface area contributed by atoms with Crippen LogP contribution in [0.3, 0.4) is 0 Å². The summed E-state index contributed by atoms with van der Waals surface area (Å²) in [6.45, 7) is 4.62. The van der Waals surface area contributed by atoms with Crippen LogP contribution in [0, 0.1) is 0 Å². The Morgan fingerprint density at radius 3 is 0.579 bits per heavy atom. The van der Waals surface area contributed by atoms with Gasteiger partial charge in [0.15, 0.2) is 0 Å². The first kappa shape index (κ1) is 41.3. The molecular formula is C36H76SSn. The molecule has 2 heteroatoms. The molecule has 230 valence electrons. The van der Waals surface area contributed by atoms with Crippen LogP contribution in [0.2, 0.25) is 0 Å². The molecule has 0 aromatic rings. The van der Waals surface area contributed by atoms with Gasteiger partial charge in [0, 0.05) is 0 Å². The number of thioether (sulfide) groups is 1. The van der Waals surface area contributed by atoms with Gasteiger partial charge in [0.05, 0.1) is 0 Å². The first-order valence-corrected chi connectivity index (χ1v) is 19.1. The maximum atomic E-state index is 2.31. The van der Waals surface area contributed by atoms with E-state index in [0.717, 1.165) is 0 Å². The maximum absolute atomic E-state index is 2.31. The second-order valence-electron chi connectivity index (χ2n) is 12.2. The SMILES string of the molecule is CCCCCCCCCCCCCCCCCCSCCCCCCCCCCCCCCCCCC.[SnH2]. The van der Waals surface area contributed by atoms with Gasteiger partial charge in [-0.3, -0.25) is 0 Å². The van der Waals surface area contributed by atoms with Crippen molar-refractivity contribution in [1.29, 1.82) is 0 Å². The summed E-state index contributed by atoms with van der Waals surface area (Å²) >= 11 is 2.23. The summed E-state index contributed by atoms with van der Waals surface area (Å²) in [5, 5.41) is 0. The molecule has 0 unspecified atom stereocenters. The minimum absolute atomic E-state index is 0. The predicted octanol–water partition coefficient (Wildman–Crippen LogP) is 13.3. The molecule has 0 rings (SSSR count). The van der Waals surface area contributed by atoms with Gasteiger partial charge in [-0.1, -0.05) is 206 Å². The molecule has 2 radical (unpaired) electrons. The summed E-state index contributed by atoms with van der Waals surface area (Å²) in [7, 11) is 0. The van der Waals surface area contributed by atoms with Gasteiger partial charge in [-0.05, 0) is 24.3 Å². The van der Waals surface area contributed by atoms with E-state index in [1.807, 2.05) is 0 Å². The zero-order chi connectivity index (χ0) is 26.7. The average molecular weight is 660 g/mol. The van der Waals surface area contributed by atoms with Gasteiger partial charge >= 0.3 is 23.9 Å². The third-order valence-corrected chi connectivity index (χ3v) is 9.44. The number of unbranched alkanes of at least 4 members (excludes halogenated alkanes) is 30. The summed E-state index contributed by atoms with van der Waals surface area (Å²) in [5.41, 5.74) is 0. The molecule has 0 fully saturated rings. The van der Waals surface area contributed by atoms with Crippen LogP contribution in [0.15, 0.2) is 0 Å². The third-order valence-electron chi connectivity index (χ3n) is 8.28. The molecule has 0 bridgehead atoms. The van der Waals surface area contributed by atoms with Gasteiger partial charge < -0.3 is 0 Å². The second-order valence-corrected chi connectivity index (χ2v) is 13.4. The van der Waals surface area contributed by atoms with E-state index in [4.69, 9.17) is 0 Å². The van der Waals surface area contributed by atoms with E-state index in [2.05, 4.69) is 25.6 Å². The van der Waals surface area contributed by atoms with Gasteiger partial charge in [0.1, 0.15) is 0 Å². The Kier molecular flexibility index (Phi) is 43.8. The van der Waals surface area contributed by atoms with Gasteiger partial charge in [-0.2, -0.15) is 11.8 Å². The first-order chi connectivity index (χ1) is 18.4. The predicted molar refractivity (Wildman–Crippen MR) is 185 cm³/mol. The molecule has 0 atom stereocenters. The van der Waals surface area contributed by atoms with Crippen LogP contribution >= 0.6 is 11.8 Å². The van der Waals surface area contributed by atoms with Crippen molar-refractivity contribution in [3.63, 3.8) is 0 Å². The normalized spacial score (nSPS) is 11.2. The Hall–Kier alpha value is 1.15. The summed E-state index contributed by atoms with van der Waals surface area (Å²) in [6.07, 6.45) is 47.2.